The first-order chi connectivity index (χ1) is 11.4. The van der Waals surface area contributed by atoms with Gasteiger partial charge in [0.15, 0.2) is 6.10 Å². The van der Waals surface area contributed by atoms with E-state index in [1.54, 1.807) is 12.2 Å². The van der Waals surface area contributed by atoms with E-state index in [4.69, 9.17) is 14.2 Å². The van der Waals surface area contributed by atoms with Crippen LogP contribution in [0.2, 0.25) is 0 Å². The van der Waals surface area contributed by atoms with Crippen LogP contribution in [0.5, 0.6) is 11.5 Å². The smallest absolute Gasteiger partial charge is 0.334 e. The number of esters is 1. The summed E-state index contributed by atoms with van der Waals surface area (Å²) in [5.74, 6) is -0.186. The number of ether oxygens (including phenoxy) is 3. The minimum atomic E-state index is -0.796. The van der Waals surface area contributed by atoms with Gasteiger partial charge in [0.1, 0.15) is 5.75 Å². The van der Waals surface area contributed by atoms with Crippen molar-refractivity contribution in [1.29, 1.82) is 0 Å². The van der Waals surface area contributed by atoms with E-state index in [0.29, 0.717) is 28.5 Å². The third-order valence-corrected chi connectivity index (χ3v) is 4.39. The van der Waals surface area contributed by atoms with Crippen molar-refractivity contribution in [2.45, 2.75) is 18.9 Å². The predicted molar refractivity (Wildman–Crippen MR) is 90.2 cm³/mol. The molecule has 0 saturated carbocycles. The topological polar surface area (TPSA) is 87.9 Å². The molecule has 0 aliphatic carbocycles. The zero-order valence-electron chi connectivity index (χ0n) is 13.2. The van der Waals surface area contributed by atoms with E-state index in [0.717, 1.165) is 0 Å². The van der Waals surface area contributed by atoms with Gasteiger partial charge in [0.25, 0.3) is 0 Å². The van der Waals surface area contributed by atoms with E-state index in [2.05, 4.69) is 22.5 Å². The number of allylic oxidation sites excluding steroid dienone is 1. The maximum atomic E-state index is 12.0. The lowest BCUT2D eigenvalue weighted by Gasteiger charge is -2.17. The molecular formula is C16H16BrNO6. The van der Waals surface area contributed by atoms with E-state index in [9.17, 15) is 14.9 Å². The first kappa shape index (κ1) is 18.0. The molecule has 24 heavy (non-hydrogen) atoms. The Kier molecular flexibility index (Phi) is 5.61. The van der Waals surface area contributed by atoms with Crippen LogP contribution in [0.25, 0.3) is 0 Å². The largest absolute Gasteiger partial charge is 0.495 e. The molecule has 1 aromatic rings. The molecule has 0 saturated heterocycles. The maximum absolute atomic E-state index is 12.0. The van der Waals surface area contributed by atoms with Crippen LogP contribution in [0, 0.1) is 10.1 Å². The van der Waals surface area contributed by atoms with Gasteiger partial charge in [0, 0.05) is 5.57 Å². The van der Waals surface area contributed by atoms with Crippen LogP contribution >= 0.6 is 15.9 Å². The standard InChI is InChI=1S/C16H16BrNO6/c1-4-5-6-9-7-11(24-16(9)19)13-14(17)12(22-2)8-10(18(20)21)15(13)23-3/h4,7-8,11H,1,5-6H2,2-3H3. The molecular weight excluding hydrogens is 382 g/mol. The summed E-state index contributed by atoms with van der Waals surface area (Å²) in [7, 11) is 2.72. The molecule has 0 N–H and O–H groups in total. The van der Waals surface area contributed by atoms with Gasteiger partial charge in [-0.15, -0.1) is 6.58 Å². The number of cyclic esters (lactones) is 1. The molecule has 0 aromatic heterocycles. The molecule has 1 atom stereocenters. The zero-order chi connectivity index (χ0) is 17.9. The summed E-state index contributed by atoms with van der Waals surface area (Å²) >= 11 is 3.35. The second-order valence-corrected chi connectivity index (χ2v) is 5.75. The quantitative estimate of drug-likeness (QED) is 0.300. The van der Waals surface area contributed by atoms with Crippen molar-refractivity contribution in [2.24, 2.45) is 0 Å². The Morgan fingerprint density at radius 1 is 1.46 bits per heavy atom. The van der Waals surface area contributed by atoms with Crippen LogP contribution < -0.4 is 9.47 Å². The van der Waals surface area contributed by atoms with Gasteiger partial charge >= 0.3 is 11.7 Å². The fraction of sp³-hybridized carbons (Fsp3) is 0.312. The molecule has 1 heterocycles. The van der Waals surface area contributed by atoms with Crippen LogP contribution in [0.3, 0.4) is 0 Å². The number of nitro groups is 1. The Morgan fingerprint density at radius 2 is 2.17 bits per heavy atom. The average Bonchev–Trinajstić information content (AvgIpc) is 2.92. The van der Waals surface area contributed by atoms with E-state index in [-0.39, 0.29) is 17.2 Å². The normalized spacial score (nSPS) is 16.4. The molecule has 128 valence electrons. The third kappa shape index (κ3) is 3.28. The van der Waals surface area contributed by atoms with Crippen molar-refractivity contribution in [1.82, 2.24) is 0 Å². The number of carbonyl (C=O) groups is 1. The minimum Gasteiger partial charge on any atom is -0.495 e. The fourth-order valence-corrected chi connectivity index (χ4v) is 3.12. The monoisotopic (exact) mass is 397 g/mol. The Labute approximate surface area is 147 Å². The molecule has 7 nitrogen and oxygen atoms in total. The number of rotatable bonds is 7. The van der Waals surface area contributed by atoms with Crippen LogP contribution in [0.1, 0.15) is 24.5 Å². The van der Waals surface area contributed by atoms with Crippen LogP contribution in [0.15, 0.2) is 34.8 Å². The van der Waals surface area contributed by atoms with E-state index >= 15 is 0 Å². The van der Waals surface area contributed by atoms with Crippen molar-refractivity contribution >= 4 is 27.6 Å². The molecule has 0 bridgehead atoms. The van der Waals surface area contributed by atoms with Gasteiger partial charge in [-0.05, 0) is 34.8 Å². The number of benzene rings is 1. The zero-order valence-corrected chi connectivity index (χ0v) is 14.8. The second kappa shape index (κ2) is 7.48. The summed E-state index contributed by atoms with van der Waals surface area (Å²) in [5, 5.41) is 11.3. The first-order valence-electron chi connectivity index (χ1n) is 7.05. The van der Waals surface area contributed by atoms with Crippen molar-refractivity contribution in [3.05, 3.63) is 50.5 Å². The Hall–Kier alpha value is -2.35. The molecule has 8 heteroatoms. The number of nitro benzene ring substituents is 1. The summed E-state index contributed by atoms with van der Waals surface area (Å²) < 4.78 is 16.2. The fourth-order valence-electron chi connectivity index (χ4n) is 2.44. The Bertz CT molecular complexity index is 728. The number of methoxy groups -OCH3 is 2. The molecule has 1 aromatic carbocycles. The summed E-state index contributed by atoms with van der Waals surface area (Å²) in [6.07, 6.45) is 3.66. The highest BCUT2D eigenvalue weighted by Crippen LogP contribution is 2.48. The molecule has 1 aliphatic heterocycles. The van der Waals surface area contributed by atoms with Gasteiger partial charge in [-0.2, -0.15) is 0 Å². The highest BCUT2D eigenvalue weighted by Gasteiger charge is 2.35. The highest BCUT2D eigenvalue weighted by molar-refractivity contribution is 9.10. The number of hydrogen-bond donors (Lipinski definition) is 0. The summed E-state index contributed by atoms with van der Waals surface area (Å²) in [4.78, 5) is 22.7. The highest BCUT2D eigenvalue weighted by atomic mass is 79.9. The number of carbonyl (C=O) groups excluding carboxylic acids is 1. The van der Waals surface area contributed by atoms with Crippen molar-refractivity contribution in [3.63, 3.8) is 0 Å². The SMILES string of the molecule is C=CCCC1=CC(c2c(Br)c(OC)cc([N+](=O)[O-])c2OC)OC1=O. The minimum absolute atomic E-state index is 0.0201. The predicted octanol–water partition coefficient (Wildman–Crippen LogP) is 3.87. The van der Waals surface area contributed by atoms with Crippen LogP contribution in [-0.2, 0) is 9.53 Å². The van der Waals surface area contributed by atoms with Gasteiger partial charge in [-0.3, -0.25) is 10.1 Å². The lowest BCUT2D eigenvalue weighted by Crippen LogP contribution is -2.07. The molecule has 1 aliphatic rings. The summed E-state index contributed by atoms with van der Waals surface area (Å²) in [6.45, 7) is 3.62. The van der Waals surface area contributed by atoms with Gasteiger partial charge in [0.05, 0.1) is 35.2 Å². The van der Waals surface area contributed by atoms with Crippen molar-refractivity contribution in [3.8, 4) is 11.5 Å². The summed E-state index contributed by atoms with van der Waals surface area (Å²) in [5.41, 5.74) is 0.571. The van der Waals surface area contributed by atoms with E-state index in [1.165, 1.54) is 20.3 Å². The third-order valence-electron chi connectivity index (χ3n) is 3.57. The average molecular weight is 398 g/mol. The first-order valence-corrected chi connectivity index (χ1v) is 7.85. The molecule has 0 spiro atoms. The van der Waals surface area contributed by atoms with Gasteiger partial charge in [-0.25, -0.2) is 4.79 Å². The van der Waals surface area contributed by atoms with E-state index < -0.39 is 17.0 Å². The van der Waals surface area contributed by atoms with Crippen molar-refractivity contribution < 1.29 is 23.9 Å². The maximum Gasteiger partial charge on any atom is 0.334 e. The van der Waals surface area contributed by atoms with E-state index in [1.807, 2.05) is 0 Å². The van der Waals surface area contributed by atoms with Gasteiger partial charge in [0.2, 0.25) is 5.75 Å². The van der Waals surface area contributed by atoms with Gasteiger partial charge in [-0.1, -0.05) is 6.08 Å². The Morgan fingerprint density at radius 3 is 2.71 bits per heavy atom. The summed E-state index contributed by atoms with van der Waals surface area (Å²) in [6, 6.07) is 1.26. The van der Waals surface area contributed by atoms with Gasteiger partial charge < -0.3 is 14.2 Å². The molecule has 2 rings (SSSR count). The molecule has 0 radical (unpaired) electrons. The second-order valence-electron chi connectivity index (χ2n) is 4.96. The van der Waals surface area contributed by atoms with Crippen molar-refractivity contribution in [2.75, 3.05) is 14.2 Å². The molecule has 1 unspecified atom stereocenters. The van der Waals surface area contributed by atoms with Crippen LogP contribution in [0.4, 0.5) is 5.69 Å². The number of hydrogen-bond acceptors (Lipinski definition) is 6. The number of halogens is 1. The lowest BCUT2D eigenvalue weighted by molar-refractivity contribution is -0.385. The Balaban J connectivity index is 2.58. The lowest BCUT2D eigenvalue weighted by atomic mass is 10.0. The van der Waals surface area contributed by atoms with Crippen LogP contribution in [-0.4, -0.2) is 25.1 Å². The number of nitrogens with zero attached hydrogens (tertiary/aromatic N) is 1. The molecule has 0 fully saturated rings. The molecule has 0 amide bonds.